The monoisotopic (exact) mass is 240 g/mol. The minimum Gasteiger partial charge on any atom is -0.481 e. The van der Waals surface area contributed by atoms with Crippen LogP contribution < -0.4 is 0 Å². The molecule has 2 rings (SSSR count). The van der Waals surface area contributed by atoms with Crippen molar-refractivity contribution in [3.8, 4) is 0 Å². The fourth-order valence-corrected chi connectivity index (χ4v) is 3.05. The van der Waals surface area contributed by atoms with E-state index in [0.717, 1.165) is 45.6 Å². The minimum atomic E-state index is -0.636. The molecule has 1 heterocycles. The highest BCUT2D eigenvalue weighted by molar-refractivity contribution is 5.68. The third-order valence-corrected chi connectivity index (χ3v) is 4.30. The molecular weight excluding hydrogens is 216 g/mol. The van der Waals surface area contributed by atoms with Crippen molar-refractivity contribution < 1.29 is 9.90 Å². The van der Waals surface area contributed by atoms with Crippen molar-refractivity contribution in [2.75, 3.05) is 32.7 Å². The van der Waals surface area contributed by atoms with Crippen molar-refractivity contribution in [2.45, 2.75) is 39.2 Å². The Kier molecular flexibility index (Phi) is 3.73. The Morgan fingerprint density at radius 1 is 1.41 bits per heavy atom. The Balaban J connectivity index is 1.83. The van der Waals surface area contributed by atoms with Crippen LogP contribution in [0.1, 0.15) is 33.1 Å². The summed E-state index contributed by atoms with van der Waals surface area (Å²) in [5.41, 5.74) is 0.111. The molecule has 2 fully saturated rings. The summed E-state index contributed by atoms with van der Waals surface area (Å²) in [5, 5.41) is 8.92. The molecule has 0 bridgehead atoms. The largest absolute Gasteiger partial charge is 0.481 e. The van der Waals surface area contributed by atoms with Crippen LogP contribution >= 0.6 is 0 Å². The fourth-order valence-electron chi connectivity index (χ4n) is 3.05. The Labute approximate surface area is 104 Å². The molecule has 2 aliphatic rings. The zero-order chi connectivity index (χ0) is 12.5. The lowest BCUT2D eigenvalue weighted by Gasteiger charge is -2.40. The summed E-state index contributed by atoms with van der Waals surface area (Å²) < 4.78 is 0. The van der Waals surface area contributed by atoms with Gasteiger partial charge in [-0.25, -0.2) is 0 Å². The average molecular weight is 240 g/mol. The standard InChI is InChI=1S/C13H24N2O2/c1-3-15-7-6-14(9-11(15)2)10-13(4-5-13)8-12(16)17/h11H,3-10H2,1-2H3,(H,16,17). The summed E-state index contributed by atoms with van der Waals surface area (Å²) >= 11 is 0. The summed E-state index contributed by atoms with van der Waals surface area (Å²) in [6.45, 7) is 9.90. The number of hydrogen-bond donors (Lipinski definition) is 1. The molecule has 17 heavy (non-hydrogen) atoms. The number of rotatable bonds is 5. The number of piperazine rings is 1. The van der Waals surface area contributed by atoms with Crippen molar-refractivity contribution in [1.29, 1.82) is 0 Å². The van der Waals surface area contributed by atoms with Gasteiger partial charge in [-0.3, -0.25) is 14.6 Å². The van der Waals surface area contributed by atoms with Gasteiger partial charge in [-0.05, 0) is 31.7 Å². The molecule has 1 saturated heterocycles. The van der Waals surface area contributed by atoms with E-state index in [2.05, 4.69) is 23.6 Å². The normalized spacial score (nSPS) is 29.2. The maximum absolute atomic E-state index is 10.8. The highest BCUT2D eigenvalue weighted by atomic mass is 16.4. The zero-order valence-electron chi connectivity index (χ0n) is 11.0. The van der Waals surface area contributed by atoms with Crippen molar-refractivity contribution in [2.24, 2.45) is 5.41 Å². The number of carboxylic acids is 1. The predicted octanol–water partition coefficient (Wildman–Crippen LogP) is 1.27. The molecule has 1 unspecified atom stereocenters. The van der Waals surface area contributed by atoms with E-state index >= 15 is 0 Å². The molecule has 0 aromatic rings. The van der Waals surface area contributed by atoms with Crippen molar-refractivity contribution in [3.05, 3.63) is 0 Å². The first-order valence-corrected chi connectivity index (χ1v) is 6.73. The van der Waals surface area contributed by atoms with Crippen LogP contribution in [0.2, 0.25) is 0 Å². The summed E-state index contributed by atoms with van der Waals surface area (Å²) in [4.78, 5) is 15.8. The van der Waals surface area contributed by atoms with E-state index in [0.29, 0.717) is 12.5 Å². The minimum absolute atomic E-state index is 0.111. The predicted molar refractivity (Wildman–Crippen MR) is 67.1 cm³/mol. The van der Waals surface area contributed by atoms with E-state index in [9.17, 15) is 4.79 Å². The number of likely N-dealkylation sites (N-methyl/N-ethyl adjacent to an activating group) is 1. The summed E-state index contributed by atoms with van der Waals surface area (Å²) in [6, 6.07) is 0.606. The van der Waals surface area contributed by atoms with Gasteiger partial charge in [0.15, 0.2) is 0 Å². The second-order valence-electron chi connectivity index (χ2n) is 5.78. The number of carbonyl (C=O) groups is 1. The van der Waals surface area contributed by atoms with Gasteiger partial charge in [0.05, 0.1) is 6.42 Å². The van der Waals surface area contributed by atoms with E-state index in [1.165, 1.54) is 0 Å². The van der Waals surface area contributed by atoms with Gasteiger partial charge >= 0.3 is 5.97 Å². The number of nitrogens with zero attached hydrogens (tertiary/aromatic N) is 2. The second kappa shape index (κ2) is 4.94. The maximum atomic E-state index is 10.8. The molecule has 0 spiro atoms. The van der Waals surface area contributed by atoms with Crippen LogP contribution in [0.15, 0.2) is 0 Å². The van der Waals surface area contributed by atoms with Gasteiger partial charge in [0, 0.05) is 32.2 Å². The van der Waals surface area contributed by atoms with Gasteiger partial charge in [-0.15, -0.1) is 0 Å². The molecule has 1 aliphatic carbocycles. The fraction of sp³-hybridized carbons (Fsp3) is 0.923. The van der Waals surface area contributed by atoms with Crippen LogP contribution in [-0.2, 0) is 4.79 Å². The van der Waals surface area contributed by atoms with E-state index in [-0.39, 0.29) is 5.41 Å². The molecule has 0 aromatic carbocycles. The van der Waals surface area contributed by atoms with E-state index in [1.807, 2.05) is 0 Å². The first kappa shape index (κ1) is 12.8. The molecule has 0 amide bonds. The lowest BCUT2D eigenvalue weighted by molar-refractivity contribution is -0.138. The quantitative estimate of drug-likeness (QED) is 0.786. The van der Waals surface area contributed by atoms with Gasteiger partial charge in [0.2, 0.25) is 0 Å². The van der Waals surface area contributed by atoms with Gasteiger partial charge in [0.1, 0.15) is 0 Å². The molecular formula is C13H24N2O2. The van der Waals surface area contributed by atoms with Gasteiger partial charge < -0.3 is 5.11 Å². The number of hydrogen-bond acceptors (Lipinski definition) is 3. The molecule has 0 radical (unpaired) electrons. The molecule has 1 N–H and O–H groups in total. The van der Waals surface area contributed by atoms with E-state index in [1.54, 1.807) is 0 Å². The molecule has 1 aliphatic heterocycles. The van der Waals surface area contributed by atoms with Crippen LogP contribution in [0.4, 0.5) is 0 Å². The van der Waals surface area contributed by atoms with Crippen LogP contribution in [-0.4, -0.2) is 59.6 Å². The summed E-state index contributed by atoms with van der Waals surface area (Å²) in [7, 11) is 0. The van der Waals surface area contributed by atoms with Gasteiger partial charge in [0.25, 0.3) is 0 Å². The number of carboxylic acid groups (broad SMARTS) is 1. The first-order valence-electron chi connectivity index (χ1n) is 6.73. The number of aliphatic carboxylic acids is 1. The highest BCUT2D eigenvalue weighted by Crippen LogP contribution is 2.49. The molecule has 0 aromatic heterocycles. The molecule has 1 atom stereocenters. The Hall–Kier alpha value is -0.610. The zero-order valence-corrected chi connectivity index (χ0v) is 11.0. The smallest absolute Gasteiger partial charge is 0.303 e. The molecule has 4 heteroatoms. The van der Waals surface area contributed by atoms with Crippen LogP contribution in [0.3, 0.4) is 0 Å². The van der Waals surface area contributed by atoms with Crippen molar-refractivity contribution in [1.82, 2.24) is 9.80 Å². The Morgan fingerprint density at radius 3 is 2.59 bits per heavy atom. The van der Waals surface area contributed by atoms with Gasteiger partial charge in [-0.1, -0.05) is 6.92 Å². The third-order valence-electron chi connectivity index (χ3n) is 4.30. The van der Waals surface area contributed by atoms with Crippen LogP contribution in [0, 0.1) is 5.41 Å². The van der Waals surface area contributed by atoms with Gasteiger partial charge in [-0.2, -0.15) is 0 Å². The molecule has 98 valence electrons. The second-order valence-corrected chi connectivity index (χ2v) is 5.78. The maximum Gasteiger partial charge on any atom is 0.303 e. The highest BCUT2D eigenvalue weighted by Gasteiger charge is 2.46. The molecule has 1 saturated carbocycles. The summed E-state index contributed by atoms with van der Waals surface area (Å²) in [5.74, 6) is -0.636. The Bertz CT molecular complexity index is 289. The van der Waals surface area contributed by atoms with E-state index < -0.39 is 5.97 Å². The topological polar surface area (TPSA) is 43.8 Å². The third kappa shape index (κ3) is 3.19. The van der Waals surface area contributed by atoms with Crippen LogP contribution in [0.5, 0.6) is 0 Å². The lowest BCUT2D eigenvalue weighted by Crippen LogP contribution is -2.52. The molecule has 4 nitrogen and oxygen atoms in total. The SMILES string of the molecule is CCN1CCN(CC2(CC(=O)O)CC2)CC1C. The van der Waals surface area contributed by atoms with Crippen LogP contribution in [0.25, 0.3) is 0 Å². The summed E-state index contributed by atoms with van der Waals surface area (Å²) in [6.07, 6.45) is 2.55. The Morgan fingerprint density at radius 2 is 2.12 bits per heavy atom. The van der Waals surface area contributed by atoms with Crippen molar-refractivity contribution >= 4 is 5.97 Å². The average Bonchev–Trinajstić information content (AvgIpc) is 2.97. The lowest BCUT2D eigenvalue weighted by atomic mass is 10.0. The van der Waals surface area contributed by atoms with E-state index in [4.69, 9.17) is 5.11 Å². The van der Waals surface area contributed by atoms with Crippen molar-refractivity contribution in [3.63, 3.8) is 0 Å². The first-order chi connectivity index (χ1) is 8.04.